The van der Waals surface area contributed by atoms with E-state index in [2.05, 4.69) is 22.4 Å². The number of aromatic nitrogens is 1. The van der Waals surface area contributed by atoms with Crippen molar-refractivity contribution in [2.24, 2.45) is 0 Å². The minimum Gasteiger partial charge on any atom is -0.481 e. The summed E-state index contributed by atoms with van der Waals surface area (Å²) < 4.78 is 10.6. The molecular formula is C24H22N2O5. The lowest BCUT2D eigenvalue weighted by Gasteiger charge is -2.19. The highest BCUT2D eigenvalue weighted by Gasteiger charge is 2.29. The maximum atomic E-state index is 12.5. The molecule has 1 aromatic heterocycles. The third-order valence-electron chi connectivity index (χ3n) is 5.39. The van der Waals surface area contributed by atoms with Gasteiger partial charge in [0, 0.05) is 18.2 Å². The Kier molecular flexibility index (Phi) is 5.84. The van der Waals surface area contributed by atoms with Gasteiger partial charge in [-0.15, -0.1) is 0 Å². The van der Waals surface area contributed by atoms with Gasteiger partial charge >= 0.3 is 12.1 Å². The van der Waals surface area contributed by atoms with E-state index in [4.69, 9.17) is 9.47 Å². The number of fused-ring (bicyclic) bond motifs is 3. The number of rotatable bonds is 7. The first-order valence-electron chi connectivity index (χ1n) is 9.90. The van der Waals surface area contributed by atoms with Crippen LogP contribution in [-0.4, -0.2) is 35.9 Å². The van der Waals surface area contributed by atoms with Gasteiger partial charge in [-0.25, -0.2) is 9.78 Å². The predicted octanol–water partition coefficient (Wildman–Crippen LogP) is 4.14. The van der Waals surface area contributed by atoms with Crippen molar-refractivity contribution in [3.8, 4) is 17.0 Å². The SMILES string of the molecule is COc1ccc([C@H](CC(=O)O)NC(=O)OCC2c3ccccc3-c3ccccc32)cn1. The molecule has 2 N–H and O–H groups in total. The lowest BCUT2D eigenvalue weighted by Crippen LogP contribution is -2.31. The normalized spacial score (nSPS) is 13.1. The summed E-state index contributed by atoms with van der Waals surface area (Å²) in [5.74, 6) is -0.711. The highest BCUT2D eigenvalue weighted by atomic mass is 16.5. The molecule has 7 heteroatoms. The minimum atomic E-state index is -1.04. The summed E-state index contributed by atoms with van der Waals surface area (Å²) in [5.41, 5.74) is 5.05. The van der Waals surface area contributed by atoms with Crippen molar-refractivity contribution < 1.29 is 24.2 Å². The molecule has 0 saturated carbocycles. The molecule has 4 rings (SSSR count). The number of methoxy groups -OCH3 is 1. The Labute approximate surface area is 179 Å². The number of alkyl carbamates (subject to hydrolysis) is 1. The fourth-order valence-corrected chi connectivity index (χ4v) is 3.93. The van der Waals surface area contributed by atoms with Gasteiger partial charge in [0.05, 0.1) is 19.6 Å². The Bertz CT molecular complexity index is 1050. The Balaban J connectivity index is 1.47. The molecule has 1 heterocycles. The summed E-state index contributed by atoms with van der Waals surface area (Å²) in [4.78, 5) is 27.9. The van der Waals surface area contributed by atoms with E-state index in [1.165, 1.54) is 13.3 Å². The van der Waals surface area contributed by atoms with Gasteiger partial charge in [0.15, 0.2) is 0 Å². The quantitative estimate of drug-likeness (QED) is 0.598. The molecule has 158 valence electrons. The Hall–Kier alpha value is -3.87. The highest BCUT2D eigenvalue weighted by Crippen LogP contribution is 2.44. The van der Waals surface area contributed by atoms with E-state index in [1.807, 2.05) is 36.4 Å². The number of carbonyl (C=O) groups is 2. The zero-order valence-corrected chi connectivity index (χ0v) is 16.9. The number of carboxylic acid groups (broad SMARTS) is 1. The summed E-state index contributed by atoms with van der Waals surface area (Å²) >= 11 is 0. The number of nitrogens with one attached hydrogen (secondary N) is 1. The van der Waals surface area contributed by atoms with E-state index in [9.17, 15) is 14.7 Å². The second kappa shape index (κ2) is 8.87. The van der Waals surface area contributed by atoms with Crippen LogP contribution in [0.25, 0.3) is 11.1 Å². The van der Waals surface area contributed by atoms with Crippen molar-refractivity contribution in [1.82, 2.24) is 10.3 Å². The first-order valence-corrected chi connectivity index (χ1v) is 9.90. The molecule has 0 bridgehead atoms. The molecule has 2 aromatic carbocycles. The lowest BCUT2D eigenvalue weighted by atomic mass is 9.98. The third kappa shape index (κ3) is 4.35. The van der Waals surface area contributed by atoms with Crippen LogP contribution in [0.1, 0.15) is 35.1 Å². The summed E-state index contributed by atoms with van der Waals surface area (Å²) in [6.45, 7) is 0.153. The molecule has 3 aromatic rings. The molecule has 1 amide bonds. The van der Waals surface area contributed by atoms with Crippen LogP contribution in [0.2, 0.25) is 0 Å². The molecular weight excluding hydrogens is 396 g/mol. The number of hydrogen-bond donors (Lipinski definition) is 2. The van der Waals surface area contributed by atoms with Gasteiger partial charge in [-0.05, 0) is 27.8 Å². The van der Waals surface area contributed by atoms with Crippen molar-refractivity contribution in [2.75, 3.05) is 13.7 Å². The minimum absolute atomic E-state index is 0.0706. The molecule has 31 heavy (non-hydrogen) atoms. The number of ether oxygens (including phenoxy) is 2. The summed E-state index contributed by atoms with van der Waals surface area (Å²) in [6, 6.07) is 18.6. The van der Waals surface area contributed by atoms with Gasteiger partial charge in [0.1, 0.15) is 6.61 Å². The number of pyridine rings is 1. The number of carboxylic acids is 1. The van der Waals surface area contributed by atoms with Gasteiger partial charge in [-0.1, -0.05) is 54.6 Å². The predicted molar refractivity (Wildman–Crippen MR) is 114 cm³/mol. The highest BCUT2D eigenvalue weighted by molar-refractivity contribution is 5.79. The van der Waals surface area contributed by atoms with Crippen molar-refractivity contribution in [3.05, 3.63) is 83.6 Å². The van der Waals surface area contributed by atoms with Crippen LogP contribution in [0.3, 0.4) is 0 Å². The van der Waals surface area contributed by atoms with Crippen LogP contribution in [0, 0.1) is 0 Å². The van der Waals surface area contributed by atoms with Gasteiger partial charge in [-0.2, -0.15) is 0 Å². The van der Waals surface area contributed by atoms with Crippen LogP contribution in [0.15, 0.2) is 66.9 Å². The molecule has 0 radical (unpaired) electrons. The molecule has 7 nitrogen and oxygen atoms in total. The van der Waals surface area contributed by atoms with Crippen molar-refractivity contribution in [2.45, 2.75) is 18.4 Å². The van der Waals surface area contributed by atoms with Crippen LogP contribution < -0.4 is 10.1 Å². The maximum absolute atomic E-state index is 12.5. The zero-order valence-electron chi connectivity index (χ0n) is 16.9. The molecule has 1 aliphatic rings. The molecule has 0 unspecified atom stereocenters. The van der Waals surface area contributed by atoms with Crippen molar-refractivity contribution in [1.29, 1.82) is 0 Å². The van der Waals surface area contributed by atoms with Gasteiger partial charge in [-0.3, -0.25) is 4.79 Å². The monoisotopic (exact) mass is 418 g/mol. The molecule has 0 saturated heterocycles. The lowest BCUT2D eigenvalue weighted by molar-refractivity contribution is -0.137. The number of nitrogens with zero attached hydrogens (tertiary/aromatic N) is 1. The Morgan fingerprint density at radius 3 is 2.23 bits per heavy atom. The zero-order chi connectivity index (χ0) is 21.8. The molecule has 0 aliphatic heterocycles. The summed E-state index contributed by atoms with van der Waals surface area (Å²) in [7, 11) is 1.49. The second-order valence-electron chi connectivity index (χ2n) is 7.25. The molecule has 0 spiro atoms. The number of hydrogen-bond acceptors (Lipinski definition) is 5. The van der Waals surface area contributed by atoms with E-state index in [-0.39, 0.29) is 18.9 Å². The number of benzene rings is 2. The van der Waals surface area contributed by atoms with Gasteiger partial charge in [0.2, 0.25) is 5.88 Å². The van der Waals surface area contributed by atoms with Gasteiger partial charge in [0.25, 0.3) is 0 Å². The molecule has 1 aliphatic carbocycles. The summed E-state index contributed by atoms with van der Waals surface area (Å²) in [6.07, 6.45) is 0.512. The second-order valence-corrected chi connectivity index (χ2v) is 7.25. The fraction of sp³-hybridized carbons (Fsp3) is 0.208. The van der Waals surface area contributed by atoms with Crippen LogP contribution in [0.5, 0.6) is 5.88 Å². The van der Waals surface area contributed by atoms with Crippen LogP contribution in [-0.2, 0) is 9.53 Å². The van der Waals surface area contributed by atoms with Gasteiger partial charge < -0.3 is 19.9 Å². The first-order chi connectivity index (χ1) is 15.1. The Morgan fingerprint density at radius 1 is 1.03 bits per heavy atom. The maximum Gasteiger partial charge on any atom is 0.407 e. The van der Waals surface area contributed by atoms with Crippen LogP contribution in [0.4, 0.5) is 4.79 Å². The van der Waals surface area contributed by atoms with Crippen LogP contribution >= 0.6 is 0 Å². The van der Waals surface area contributed by atoms with E-state index in [0.29, 0.717) is 11.4 Å². The first kappa shape index (κ1) is 20.4. The van der Waals surface area contributed by atoms with E-state index in [0.717, 1.165) is 22.3 Å². The number of aliphatic carboxylic acids is 1. The van der Waals surface area contributed by atoms with E-state index < -0.39 is 18.1 Å². The standard InChI is InChI=1S/C24H22N2O5/c1-30-22-11-10-15(13-25-22)21(12-23(27)28)26-24(29)31-14-20-18-8-4-2-6-16(18)17-7-3-5-9-19(17)20/h2-11,13,20-21H,12,14H2,1H3,(H,26,29)(H,27,28)/t21-/m0/s1. The fourth-order valence-electron chi connectivity index (χ4n) is 3.93. The topological polar surface area (TPSA) is 97.8 Å². The smallest absolute Gasteiger partial charge is 0.407 e. The average molecular weight is 418 g/mol. The largest absolute Gasteiger partial charge is 0.481 e. The van der Waals surface area contributed by atoms with Crippen molar-refractivity contribution >= 4 is 12.1 Å². The number of carbonyl (C=O) groups excluding carboxylic acids is 1. The Morgan fingerprint density at radius 2 is 1.68 bits per heavy atom. The average Bonchev–Trinajstić information content (AvgIpc) is 3.11. The third-order valence-corrected chi connectivity index (χ3v) is 5.39. The van der Waals surface area contributed by atoms with E-state index >= 15 is 0 Å². The molecule has 1 atom stereocenters. The molecule has 0 fully saturated rings. The van der Waals surface area contributed by atoms with Crippen molar-refractivity contribution in [3.63, 3.8) is 0 Å². The van der Waals surface area contributed by atoms with E-state index in [1.54, 1.807) is 12.1 Å². The number of amides is 1. The summed E-state index contributed by atoms with van der Waals surface area (Å²) in [5, 5.41) is 11.9.